The van der Waals surface area contributed by atoms with Crippen LogP contribution in [0.2, 0.25) is 0 Å². The third-order valence-electron chi connectivity index (χ3n) is 3.32. The molecule has 18 heavy (non-hydrogen) atoms. The average Bonchev–Trinajstić information content (AvgIpc) is 3.00. The molecule has 1 atom stereocenters. The number of rotatable bonds is 3. The van der Waals surface area contributed by atoms with Crippen LogP contribution in [0.1, 0.15) is 29.0 Å². The standard InChI is InChI=1S/C14H15N3S/c1-10(14-16-6-7-18-14)8-17-9-11-4-2-3-5-12(11)13(17)15/h2-7,10,15H,8-9H2,1H3. The summed E-state index contributed by atoms with van der Waals surface area (Å²) < 4.78 is 0. The Morgan fingerprint density at radius 1 is 1.44 bits per heavy atom. The smallest absolute Gasteiger partial charge is 0.128 e. The first kappa shape index (κ1) is 11.4. The highest BCUT2D eigenvalue weighted by atomic mass is 32.1. The number of nitrogens with zero attached hydrogens (tertiary/aromatic N) is 2. The lowest BCUT2D eigenvalue weighted by molar-refractivity contribution is 0.400. The number of aromatic nitrogens is 1. The predicted molar refractivity (Wildman–Crippen MR) is 74.2 cm³/mol. The molecule has 1 aliphatic heterocycles. The van der Waals surface area contributed by atoms with Gasteiger partial charge in [-0.05, 0) is 5.56 Å². The van der Waals surface area contributed by atoms with Crippen LogP contribution in [0, 0.1) is 5.41 Å². The van der Waals surface area contributed by atoms with E-state index >= 15 is 0 Å². The normalized spacial score (nSPS) is 15.8. The van der Waals surface area contributed by atoms with Crippen molar-refractivity contribution in [3.8, 4) is 0 Å². The molecule has 2 heterocycles. The molecule has 0 saturated carbocycles. The maximum atomic E-state index is 8.22. The molecule has 1 aliphatic rings. The van der Waals surface area contributed by atoms with E-state index in [0.29, 0.717) is 11.8 Å². The minimum absolute atomic E-state index is 0.375. The molecule has 0 aliphatic carbocycles. The highest BCUT2D eigenvalue weighted by molar-refractivity contribution is 7.09. The van der Waals surface area contributed by atoms with Crippen LogP contribution in [0.25, 0.3) is 0 Å². The van der Waals surface area contributed by atoms with Gasteiger partial charge in [-0.2, -0.15) is 0 Å². The first-order valence-electron chi connectivity index (χ1n) is 6.07. The molecule has 0 saturated heterocycles. The summed E-state index contributed by atoms with van der Waals surface area (Å²) in [6.45, 7) is 3.89. The molecule has 3 nitrogen and oxygen atoms in total. The molecule has 2 aromatic rings. The van der Waals surface area contributed by atoms with Crippen molar-refractivity contribution in [2.45, 2.75) is 19.4 Å². The molecule has 0 spiro atoms. The largest absolute Gasteiger partial charge is 0.352 e. The molecular weight excluding hydrogens is 242 g/mol. The maximum absolute atomic E-state index is 8.22. The van der Waals surface area contributed by atoms with E-state index in [2.05, 4.69) is 22.9 Å². The van der Waals surface area contributed by atoms with Gasteiger partial charge in [0.05, 0.1) is 5.01 Å². The maximum Gasteiger partial charge on any atom is 0.128 e. The zero-order chi connectivity index (χ0) is 12.5. The molecule has 1 N–H and O–H groups in total. The van der Waals surface area contributed by atoms with Crippen molar-refractivity contribution in [1.29, 1.82) is 5.41 Å². The Labute approximate surface area is 111 Å². The van der Waals surface area contributed by atoms with Crippen LogP contribution in [0.15, 0.2) is 35.8 Å². The Morgan fingerprint density at radius 3 is 3.00 bits per heavy atom. The molecule has 4 heteroatoms. The third kappa shape index (κ3) is 1.93. The number of benzene rings is 1. The van der Waals surface area contributed by atoms with E-state index < -0.39 is 0 Å². The summed E-state index contributed by atoms with van der Waals surface area (Å²) in [5.74, 6) is 1.02. The summed E-state index contributed by atoms with van der Waals surface area (Å²) in [6, 6.07) is 8.19. The van der Waals surface area contributed by atoms with Gasteiger partial charge in [0, 0.05) is 36.1 Å². The van der Waals surface area contributed by atoms with Gasteiger partial charge in [-0.15, -0.1) is 11.3 Å². The summed E-state index contributed by atoms with van der Waals surface area (Å²) in [5, 5.41) is 11.4. The Morgan fingerprint density at radius 2 is 2.28 bits per heavy atom. The second-order valence-electron chi connectivity index (χ2n) is 4.66. The number of fused-ring (bicyclic) bond motifs is 1. The Bertz CT molecular complexity index is 562. The molecule has 3 rings (SSSR count). The average molecular weight is 257 g/mol. The van der Waals surface area contributed by atoms with Gasteiger partial charge in [-0.1, -0.05) is 31.2 Å². The highest BCUT2D eigenvalue weighted by Crippen LogP contribution is 2.26. The van der Waals surface area contributed by atoms with Crippen molar-refractivity contribution in [3.63, 3.8) is 0 Å². The summed E-state index contributed by atoms with van der Waals surface area (Å²) in [5.41, 5.74) is 2.33. The van der Waals surface area contributed by atoms with Gasteiger partial charge in [0.1, 0.15) is 5.84 Å². The van der Waals surface area contributed by atoms with Crippen molar-refractivity contribution in [2.75, 3.05) is 6.54 Å². The molecule has 92 valence electrons. The van der Waals surface area contributed by atoms with Crippen LogP contribution in [0.4, 0.5) is 0 Å². The summed E-state index contributed by atoms with van der Waals surface area (Å²) in [7, 11) is 0. The van der Waals surface area contributed by atoms with Crippen molar-refractivity contribution in [1.82, 2.24) is 9.88 Å². The molecule has 0 radical (unpaired) electrons. The Balaban J connectivity index is 1.75. The monoisotopic (exact) mass is 257 g/mol. The third-order valence-corrected chi connectivity index (χ3v) is 4.32. The van der Waals surface area contributed by atoms with Crippen molar-refractivity contribution in [3.05, 3.63) is 52.0 Å². The fraction of sp³-hybridized carbons (Fsp3) is 0.286. The minimum Gasteiger partial charge on any atom is -0.352 e. The van der Waals surface area contributed by atoms with Gasteiger partial charge in [0.15, 0.2) is 0 Å². The van der Waals surface area contributed by atoms with E-state index in [1.54, 1.807) is 11.3 Å². The summed E-state index contributed by atoms with van der Waals surface area (Å²) >= 11 is 1.69. The lowest BCUT2D eigenvalue weighted by Gasteiger charge is -2.21. The van der Waals surface area contributed by atoms with Gasteiger partial charge in [-0.25, -0.2) is 4.98 Å². The zero-order valence-corrected chi connectivity index (χ0v) is 11.1. The van der Waals surface area contributed by atoms with Crippen molar-refractivity contribution < 1.29 is 0 Å². The van der Waals surface area contributed by atoms with E-state index in [4.69, 9.17) is 5.41 Å². The number of hydrogen-bond acceptors (Lipinski definition) is 3. The van der Waals surface area contributed by atoms with Crippen LogP contribution in [0.5, 0.6) is 0 Å². The first-order chi connectivity index (χ1) is 8.75. The van der Waals surface area contributed by atoms with E-state index in [-0.39, 0.29) is 0 Å². The number of amidine groups is 1. The summed E-state index contributed by atoms with van der Waals surface area (Å²) in [4.78, 5) is 6.49. The highest BCUT2D eigenvalue weighted by Gasteiger charge is 2.25. The van der Waals surface area contributed by atoms with Crippen LogP contribution in [-0.2, 0) is 6.54 Å². The zero-order valence-electron chi connectivity index (χ0n) is 10.3. The molecule has 1 aromatic heterocycles. The van der Waals surface area contributed by atoms with Gasteiger partial charge in [0.2, 0.25) is 0 Å². The molecule has 0 bridgehead atoms. The van der Waals surface area contributed by atoms with Crippen molar-refractivity contribution in [2.24, 2.45) is 0 Å². The van der Waals surface area contributed by atoms with Gasteiger partial charge < -0.3 is 4.90 Å². The molecule has 1 aromatic carbocycles. The van der Waals surface area contributed by atoms with Crippen LogP contribution < -0.4 is 0 Å². The summed E-state index contributed by atoms with van der Waals surface area (Å²) in [6.07, 6.45) is 1.85. The van der Waals surface area contributed by atoms with Crippen LogP contribution in [-0.4, -0.2) is 22.3 Å². The molecular formula is C14H15N3S. The Kier molecular flexibility index (Phi) is 2.88. The number of thiazole rings is 1. The second-order valence-corrected chi connectivity index (χ2v) is 5.58. The molecule has 0 amide bonds. The van der Waals surface area contributed by atoms with E-state index in [1.165, 1.54) is 5.56 Å². The topological polar surface area (TPSA) is 40.0 Å². The fourth-order valence-electron chi connectivity index (χ4n) is 2.39. The Hall–Kier alpha value is -1.68. The van der Waals surface area contributed by atoms with Gasteiger partial charge >= 0.3 is 0 Å². The van der Waals surface area contributed by atoms with Crippen LogP contribution in [0.3, 0.4) is 0 Å². The van der Waals surface area contributed by atoms with E-state index in [0.717, 1.165) is 23.7 Å². The fourth-order valence-corrected chi connectivity index (χ4v) is 3.08. The van der Waals surface area contributed by atoms with E-state index in [1.807, 2.05) is 29.8 Å². The lowest BCUT2D eigenvalue weighted by Crippen LogP contribution is -2.28. The number of nitrogens with one attached hydrogen (secondary N) is 1. The van der Waals surface area contributed by atoms with E-state index in [9.17, 15) is 0 Å². The van der Waals surface area contributed by atoms with Gasteiger partial charge in [0.25, 0.3) is 0 Å². The first-order valence-corrected chi connectivity index (χ1v) is 6.95. The lowest BCUT2D eigenvalue weighted by atomic mass is 10.1. The molecule has 0 fully saturated rings. The predicted octanol–water partition coefficient (Wildman–Crippen LogP) is 3.09. The van der Waals surface area contributed by atoms with Gasteiger partial charge in [-0.3, -0.25) is 5.41 Å². The second kappa shape index (κ2) is 4.53. The van der Waals surface area contributed by atoms with Crippen LogP contribution >= 0.6 is 11.3 Å². The van der Waals surface area contributed by atoms with Crippen molar-refractivity contribution >= 4 is 17.2 Å². The SMILES string of the molecule is CC(CN1Cc2ccccc2C1=N)c1nccs1. The molecule has 1 unspecified atom stereocenters. The quantitative estimate of drug-likeness (QED) is 0.918. The number of hydrogen-bond donors (Lipinski definition) is 1. The minimum atomic E-state index is 0.375.